The monoisotopic (exact) mass is 274 g/mol. The Labute approximate surface area is 119 Å². The van der Waals surface area contributed by atoms with E-state index in [9.17, 15) is 0 Å². The molecule has 0 saturated heterocycles. The molecule has 100 valence electrons. The van der Waals surface area contributed by atoms with Crippen LogP contribution in [0.25, 0.3) is 0 Å². The molecule has 0 radical (unpaired) electrons. The van der Waals surface area contributed by atoms with E-state index in [1.807, 2.05) is 30.5 Å². The summed E-state index contributed by atoms with van der Waals surface area (Å²) in [5.41, 5.74) is 3.60. The quantitative estimate of drug-likeness (QED) is 0.893. The van der Waals surface area contributed by atoms with Gasteiger partial charge in [-0.25, -0.2) is 0 Å². The number of hydrogen-bond acceptors (Lipinski definition) is 2. The fourth-order valence-corrected chi connectivity index (χ4v) is 2.43. The molecule has 1 heterocycles. The average molecular weight is 275 g/mol. The van der Waals surface area contributed by atoms with E-state index in [2.05, 4.69) is 36.3 Å². The number of aryl methyl sites for hydroxylation is 1. The number of hydrogen-bond donors (Lipinski definition) is 1. The van der Waals surface area contributed by atoms with Gasteiger partial charge in [-0.1, -0.05) is 30.7 Å². The number of aromatic nitrogens is 1. The lowest BCUT2D eigenvalue weighted by Crippen LogP contribution is -2.24. The van der Waals surface area contributed by atoms with Crippen molar-refractivity contribution in [3.63, 3.8) is 0 Å². The normalized spacial score (nSPS) is 12.4. The molecular formula is C16H19ClN2. The van der Waals surface area contributed by atoms with Crippen molar-refractivity contribution in [2.24, 2.45) is 0 Å². The largest absolute Gasteiger partial charge is 0.310 e. The maximum atomic E-state index is 6.12. The smallest absolute Gasteiger partial charge is 0.0422 e. The van der Waals surface area contributed by atoms with Crippen LogP contribution in [0, 0.1) is 6.92 Å². The molecule has 1 N–H and O–H groups in total. The van der Waals surface area contributed by atoms with Gasteiger partial charge in [0.15, 0.2) is 0 Å². The fourth-order valence-electron chi connectivity index (χ4n) is 2.25. The molecule has 1 unspecified atom stereocenters. The Morgan fingerprint density at radius 3 is 2.79 bits per heavy atom. The minimum atomic E-state index is 0.249. The summed E-state index contributed by atoms with van der Waals surface area (Å²) in [6.45, 7) is 5.16. The van der Waals surface area contributed by atoms with Gasteiger partial charge in [0.1, 0.15) is 0 Å². The van der Waals surface area contributed by atoms with Gasteiger partial charge in [0, 0.05) is 29.4 Å². The molecule has 1 aromatic heterocycles. The Morgan fingerprint density at radius 2 is 2.11 bits per heavy atom. The van der Waals surface area contributed by atoms with E-state index in [0.717, 1.165) is 23.7 Å². The third kappa shape index (κ3) is 3.79. The summed E-state index contributed by atoms with van der Waals surface area (Å²) < 4.78 is 0. The number of halogens is 1. The molecule has 0 saturated carbocycles. The molecule has 2 aromatic rings. The Morgan fingerprint density at radius 1 is 1.26 bits per heavy atom. The van der Waals surface area contributed by atoms with Gasteiger partial charge in [0.05, 0.1) is 0 Å². The number of nitrogens with zero attached hydrogens (tertiary/aromatic N) is 1. The third-order valence-electron chi connectivity index (χ3n) is 3.21. The second kappa shape index (κ2) is 6.69. The lowest BCUT2D eigenvalue weighted by molar-refractivity contribution is 0.542. The summed E-state index contributed by atoms with van der Waals surface area (Å²) in [6.07, 6.45) is 2.71. The summed E-state index contributed by atoms with van der Waals surface area (Å²) >= 11 is 6.12. The second-order valence-electron chi connectivity index (χ2n) is 4.64. The van der Waals surface area contributed by atoms with Gasteiger partial charge in [0.25, 0.3) is 0 Å². The van der Waals surface area contributed by atoms with Crippen LogP contribution >= 0.6 is 11.6 Å². The molecule has 1 atom stereocenters. The number of pyridine rings is 1. The fraction of sp³-hybridized carbons (Fsp3) is 0.312. The molecule has 0 spiro atoms. The average Bonchev–Trinajstić information content (AvgIpc) is 2.42. The minimum absolute atomic E-state index is 0.249. The molecule has 3 heteroatoms. The van der Waals surface area contributed by atoms with Crippen molar-refractivity contribution in [1.82, 2.24) is 10.3 Å². The standard InChI is InChI=1S/C16H19ClN2/c1-3-18-16(11-14-6-4-5-9-19-14)15-10-13(17)8-7-12(15)2/h4-10,16,18H,3,11H2,1-2H3. The highest BCUT2D eigenvalue weighted by molar-refractivity contribution is 6.30. The predicted octanol–water partition coefficient (Wildman–Crippen LogP) is 3.94. The Hall–Kier alpha value is -1.38. The highest BCUT2D eigenvalue weighted by Crippen LogP contribution is 2.24. The van der Waals surface area contributed by atoms with Crippen LogP contribution in [0.15, 0.2) is 42.6 Å². The Balaban J connectivity index is 2.27. The molecule has 2 rings (SSSR count). The Kier molecular flexibility index (Phi) is 4.94. The van der Waals surface area contributed by atoms with Gasteiger partial charge in [-0.15, -0.1) is 0 Å². The molecule has 0 aliphatic carbocycles. The van der Waals surface area contributed by atoms with Crippen LogP contribution in [0.3, 0.4) is 0 Å². The van der Waals surface area contributed by atoms with E-state index in [4.69, 9.17) is 11.6 Å². The second-order valence-corrected chi connectivity index (χ2v) is 5.07. The first-order valence-electron chi connectivity index (χ1n) is 6.60. The van der Waals surface area contributed by atoms with E-state index in [-0.39, 0.29) is 6.04 Å². The zero-order valence-electron chi connectivity index (χ0n) is 11.4. The maximum absolute atomic E-state index is 6.12. The Bertz CT molecular complexity index is 526. The maximum Gasteiger partial charge on any atom is 0.0422 e. The van der Waals surface area contributed by atoms with Crippen molar-refractivity contribution in [3.05, 3.63) is 64.4 Å². The van der Waals surface area contributed by atoms with Crippen LogP contribution in [-0.2, 0) is 6.42 Å². The first-order chi connectivity index (χ1) is 9.20. The highest BCUT2D eigenvalue weighted by atomic mass is 35.5. The van der Waals surface area contributed by atoms with Gasteiger partial charge in [0.2, 0.25) is 0 Å². The molecule has 0 amide bonds. The third-order valence-corrected chi connectivity index (χ3v) is 3.44. The zero-order chi connectivity index (χ0) is 13.7. The van der Waals surface area contributed by atoms with Crippen molar-refractivity contribution in [3.8, 4) is 0 Å². The first-order valence-corrected chi connectivity index (χ1v) is 6.98. The van der Waals surface area contributed by atoms with Gasteiger partial charge < -0.3 is 5.32 Å². The summed E-state index contributed by atoms with van der Waals surface area (Å²) in [7, 11) is 0. The predicted molar refractivity (Wildman–Crippen MR) is 80.5 cm³/mol. The summed E-state index contributed by atoms with van der Waals surface area (Å²) in [6, 6.07) is 12.3. The molecule has 0 fully saturated rings. The van der Waals surface area contributed by atoms with Crippen LogP contribution in [0.5, 0.6) is 0 Å². The van der Waals surface area contributed by atoms with E-state index < -0.39 is 0 Å². The number of nitrogens with one attached hydrogen (secondary N) is 1. The van der Waals surface area contributed by atoms with E-state index in [1.165, 1.54) is 11.1 Å². The van der Waals surface area contributed by atoms with Crippen LogP contribution < -0.4 is 5.32 Å². The minimum Gasteiger partial charge on any atom is -0.310 e. The van der Waals surface area contributed by atoms with Crippen LogP contribution in [0.1, 0.15) is 29.8 Å². The number of likely N-dealkylation sites (N-methyl/N-ethyl adjacent to an activating group) is 1. The first kappa shape index (κ1) is 14.0. The summed E-state index contributed by atoms with van der Waals surface area (Å²) in [4.78, 5) is 4.41. The van der Waals surface area contributed by atoms with Gasteiger partial charge >= 0.3 is 0 Å². The summed E-state index contributed by atoms with van der Waals surface area (Å²) in [5, 5.41) is 4.30. The van der Waals surface area contributed by atoms with Crippen molar-refractivity contribution in [2.75, 3.05) is 6.54 Å². The highest BCUT2D eigenvalue weighted by Gasteiger charge is 2.14. The van der Waals surface area contributed by atoms with Crippen molar-refractivity contribution < 1.29 is 0 Å². The lowest BCUT2D eigenvalue weighted by Gasteiger charge is -2.20. The molecule has 0 aliphatic rings. The van der Waals surface area contributed by atoms with E-state index in [0.29, 0.717) is 0 Å². The molecular weight excluding hydrogens is 256 g/mol. The SMILES string of the molecule is CCNC(Cc1ccccn1)c1cc(Cl)ccc1C. The molecule has 0 bridgehead atoms. The van der Waals surface area contributed by atoms with E-state index >= 15 is 0 Å². The lowest BCUT2D eigenvalue weighted by atomic mass is 9.97. The zero-order valence-corrected chi connectivity index (χ0v) is 12.1. The van der Waals surface area contributed by atoms with Crippen LogP contribution in [0.2, 0.25) is 5.02 Å². The van der Waals surface area contributed by atoms with Crippen molar-refractivity contribution >= 4 is 11.6 Å². The van der Waals surface area contributed by atoms with Gasteiger partial charge in [-0.3, -0.25) is 4.98 Å². The number of rotatable bonds is 5. The topological polar surface area (TPSA) is 24.9 Å². The van der Waals surface area contributed by atoms with Crippen LogP contribution in [-0.4, -0.2) is 11.5 Å². The van der Waals surface area contributed by atoms with Crippen molar-refractivity contribution in [1.29, 1.82) is 0 Å². The van der Waals surface area contributed by atoms with Gasteiger partial charge in [-0.2, -0.15) is 0 Å². The van der Waals surface area contributed by atoms with E-state index in [1.54, 1.807) is 0 Å². The molecule has 0 aliphatic heterocycles. The van der Waals surface area contributed by atoms with Gasteiger partial charge in [-0.05, 0) is 48.9 Å². The summed E-state index contributed by atoms with van der Waals surface area (Å²) in [5.74, 6) is 0. The molecule has 19 heavy (non-hydrogen) atoms. The molecule has 2 nitrogen and oxygen atoms in total. The van der Waals surface area contributed by atoms with Crippen molar-refractivity contribution in [2.45, 2.75) is 26.3 Å². The van der Waals surface area contributed by atoms with Crippen LogP contribution in [0.4, 0.5) is 0 Å². The molecule has 1 aromatic carbocycles. The number of benzene rings is 1.